The molecule has 27 heavy (non-hydrogen) atoms. The SMILES string of the molecule is Cn1c(=O)n(C)c2cc(NC(=O)c3cccc(NC(=O)C4CC4)c3)ccc21. The highest BCUT2D eigenvalue weighted by atomic mass is 16.2. The van der Waals surface area contributed by atoms with E-state index in [9.17, 15) is 14.4 Å². The van der Waals surface area contributed by atoms with Crippen molar-refractivity contribution in [1.29, 1.82) is 0 Å². The van der Waals surface area contributed by atoms with Gasteiger partial charge in [0.05, 0.1) is 11.0 Å². The largest absolute Gasteiger partial charge is 0.328 e. The van der Waals surface area contributed by atoms with Gasteiger partial charge in [0.15, 0.2) is 0 Å². The summed E-state index contributed by atoms with van der Waals surface area (Å²) in [7, 11) is 3.41. The number of hydrogen-bond acceptors (Lipinski definition) is 3. The third-order valence-corrected chi connectivity index (χ3v) is 4.87. The van der Waals surface area contributed by atoms with Crippen molar-refractivity contribution < 1.29 is 9.59 Å². The fourth-order valence-corrected chi connectivity index (χ4v) is 3.12. The Kier molecular flexibility index (Phi) is 4.07. The van der Waals surface area contributed by atoms with Crippen molar-refractivity contribution >= 4 is 34.2 Å². The number of nitrogens with zero attached hydrogens (tertiary/aromatic N) is 2. The Labute approximate surface area is 155 Å². The Morgan fingerprint density at radius 2 is 1.63 bits per heavy atom. The molecule has 0 atom stereocenters. The Bertz CT molecular complexity index is 1120. The number of rotatable bonds is 4. The number of imidazole rings is 1. The van der Waals surface area contributed by atoms with Crippen LogP contribution >= 0.6 is 0 Å². The first-order chi connectivity index (χ1) is 12.9. The normalized spacial score (nSPS) is 13.6. The number of benzene rings is 2. The monoisotopic (exact) mass is 364 g/mol. The van der Waals surface area contributed by atoms with Gasteiger partial charge in [-0.1, -0.05) is 6.07 Å². The van der Waals surface area contributed by atoms with Crippen LogP contribution in [0.4, 0.5) is 11.4 Å². The van der Waals surface area contributed by atoms with E-state index in [0.29, 0.717) is 16.9 Å². The molecule has 1 saturated carbocycles. The second kappa shape index (κ2) is 6.42. The number of nitrogens with one attached hydrogen (secondary N) is 2. The van der Waals surface area contributed by atoms with E-state index >= 15 is 0 Å². The van der Waals surface area contributed by atoms with Crippen LogP contribution in [-0.4, -0.2) is 20.9 Å². The molecule has 2 amide bonds. The molecule has 7 heteroatoms. The third-order valence-electron chi connectivity index (χ3n) is 4.87. The number of aromatic nitrogens is 2. The van der Waals surface area contributed by atoms with E-state index in [0.717, 1.165) is 23.9 Å². The van der Waals surface area contributed by atoms with Crippen LogP contribution in [0.25, 0.3) is 11.0 Å². The van der Waals surface area contributed by atoms with Gasteiger partial charge < -0.3 is 10.6 Å². The minimum atomic E-state index is -0.280. The van der Waals surface area contributed by atoms with Gasteiger partial charge in [-0.3, -0.25) is 18.7 Å². The van der Waals surface area contributed by atoms with E-state index in [4.69, 9.17) is 0 Å². The van der Waals surface area contributed by atoms with Gasteiger partial charge in [-0.2, -0.15) is 0 Å². The van der Waals surface area contributed by atoms with Crippen LogP contribution in [0.3, 0.4) is 0 Å². The van der Waals surface area contributed by atoms with Gasteiger partial charge >= 0.3 is 5.69 Å². The van der Waals surface area contributed by atoms with Crippen LogP contribution in [0.5, 0.6) is 0 Å². The molecule has 0 radical (unpaired) electrons. The van der Waals surface area contributed by atoms with Crippen molar-refractivity contribution in [1.82, 2.24) is 9.13 Å². The molecule has 7 nitrogen and oxygen atoms in total. The summed E-state index contributed by atoms with van der Waals surface area (Å²) in [5.41, 5.74) is 3.08. The first-order valence-electron chi connectivity index (χ1n) is 8.82. The number of aryl methyl sites for hydroxylation is 2. The molecule has 2 N–H and O–H groups in total. The van der Waals surface area contributed by atoms with Crippen LogP contribution in [0, 0.1) is 5.92 Å². The highest BCUT2D eigenvalue weighted by molar-refractivity contribution is 6.06. The Hall–Kier alpha value is -3.35. The zero-order valence-electron chi connectivity index (χ0n) is 15.2. The molecular formula is C20H20N4O3. The molecule has 0 unspecified atom stereocenters. The Morgan fingerprint density at radius 3 is 2.37 bits per heavy atom. The summed E-state index contributed by atoms with van der Waals surface area (Å²) in [5.74, 6) is -0.174. The van der Waals surface area contributed by atoms with E-state index < -0.39 is 0 Å². The lowest BCUT2D eigenvalue weighted by molar-refractivity contribution is -0.117. The lowest BCUT2D eigenvalue weighted by Gasteiger charge is -2.09. The zero-order chi connectivity index (χ0) is 19.1. The van der Waals surface area contributed by atoms with Crippen LogP contribution in [0.15, 0.2) is 47.3 Å². The van der Waals surface area contributed by atoms with Crippen molar-refractivity contribution in [2.75, 3.05) is 10.6 Å². The molecule has 1 aromatic heterocycles. The fraction of sp³-hybridized carbons (Fsp3) is 0.250. The Balaban J connectivity index is 1.55. The fourth-order valence-electron chi connectivity index (χ4n) is 3.12. The number of fused-ring (bicyclic) bond motifs is 1. The average Bonchev–Trinajstić information content (AvgIpc) is 3.49. The number of carbonyl (C=O) groups is 2. The summed E-state index contributed by atoms with van der Waals surface area (Å²) in [6.07, 6.45) is 1.85. The van der Waals surface area contributed by atoms with E-state index in [1.54, 1.807) is 65.7 Å². The lowest BCUT2D eigenvalue weighted by Crippen LogP contribution is -2.19. The second-order valence-corrected chi connectivity index (χ2v) is 6.90. The summed E-state index contributed by atoms with van der Waals surface area (Å²) in [5, 5.41) is 5.69. The third kappa shape index (κ3) is 3.23. The molecule has 0 saturated heterocycles. The van der Waals surface area contributed by atoms with E-state index in [2.05, 4.69) is 10.6 Å². The smallest absolute Gasteiger partial charge is 0.326 e. The van der Waals surface area contributed by atoms with Crippen LogP contribution < -0.4 is 16.3 Å². The second-order valence-electron chi connectivity index (χ2n) is 6.90. The minimum absolute atomic E-state index is 0.00278. The summed E-state index contributed by atoms with van der Waals surface area (Å²) >= 11 is 0. The quantitative estimate of drug-likeness (QED) is 0.746. The van der Waals surface area contributed by atoms with Gasteiger partial charge in [0, 0.05) is 37.0 Å². The van der Waals surface area contributed by atoms with Crippen molar-refractivity contribution in [2.24, 2.45) is 20.0 Å². The maximum atomic E-state index is 12.6. The van der Waals surface area contributed by atoms with Gasteiger partial charge in [-0.25, -0.2) is 4.79 Å². The lowest BCUT2D eigenvalue weighted by atomic mass is 10.1. The molecule has 2 aromatic carbocycles. The average molecular weight is 364 g/mol. The van der Waals surface area contributed by atoms with Gasteiger partial charge in [-0.05, 0) is 49.2 Å². The molecule has 0 aliphatic heterocycles. The molecule has 1 aliphatic rings. The molecule has 1 fully saturated rings. The first kappa shape index (κ1) is 17.1. The summed E-state index contributed by atoms with van der Waals surface area (Å²) < 4.78 is 3.10. The van der Waals surface area contributed by atoms with Crippen LogP contribution in [0.2, 0.25) is 0 Å². The first-order valence-corrected chi connectivity index (χ1v) is 8.82. The van der Waals surface area contributed by atoms with Crippen molar-refractivity contribution in [3.05, 3.63) is 58.5 Å². The van der Waals surface area contributed by atoms with Crippen molar-refractivity contribution in [2.45, 2.75) is 12.8 Å². The number of amides is 2. The zero-order valence-corrected chi connectivity index (χ0v) is 15.2. The molecule has 138 valence electrons. The highest BCUT2D eigenvalue weighted by Crippen LogP contribution is 2.30. The maximum absolute atomic E-state index is 12.6. The van der Waals surface area contributed by atoms with E-state index in [-0.39, 0.29) is 23.4 Å². The standard InChI is InChI=1S/C20H20N4O3/c1-23-16-9-8-15(11-17(16)24(2)20(23)27)22-19(26)13-4-3-5-14(10-13)21-18(25)12-6-7-12/h3-5,8-12H,6-7H2,1-2H3,(H,21,25)(H,22,26). The highest BCUT2D eigenvalue weighted by Gasteiger charge is 2.29. The van der Waals surface area contributed by atoms with E-state index in [1.807, 2.05) is 0 Å². The molecule has 3 aromatic rings. The maximum Gasteiger partial charge on any atom is 0.328 e. The summed E-state index contributed by atoms with van der Waals surface area (Å²) in [6, 6.07) is 12.2. The summed E-state index contributed by atoms with van der Waals surface area (Å²) in [6.45, 7) is 0. The van der Waals surface area contributed by atoms with Crippen molar-refractivity contribution in [3.8, 4) is 0 Å². The van der Waals surface area contributed by atoms with Crippen LogP contribution in [0.1, 0.15) is 23.2 Å². The van der Waals surface area contributed by atoms with Crippen molar-refractivity contribution in [3.63, 3.8) is 0 Å². The Morgan fingerprint density at radius 1 is 0.926 bits per heavy atom. The number of anilines is 2. The topological polar surface area (TPSA) is 85.1 Å². The van der Waals surface area contributed by atoms with E-state index in [1.165, 1.54) is 0 Å². The number of carbonyl (C=O) groups excluding carboxylic acids is 2. The molecule has 0 spiro atoms. The molecule has 1 heterocycles. The minimum Gasteiger partial charge on any atom is -0.326 e. The van der Waals surface area contributed by atoms with Gasteiger partial charge in [-0.15, -0.1) is 0 Å². The molecule has 4 rings (SSSR count). The molecule has 0 bridgehead atoms. The van der Waals surface area contributed by atoms with Gasteiger partial charge in [0.25, 0.3) is 5.91 Å². The predicted octanol–water partition coefficient (Wildman–Crippen LogP) is 2.48. The van der Waals surface area contributed by atoms with Gasteiger partial charge in [0.2, 0.25) is 5.91 Å². The number of hydrogen-bond donors (Lipinski definition) is 2. The predicted molar refractivity (Wildman–Crippen MR) is 104 cm³/mol. The molecular weight excluding hydrogens is 344 g/mol. The molecule has 1 aliphatic carbocycles. The van der Waals surface area contributed by atoms with Crippen LogP contribution in [-0.2, 0) is 18.9 Å². The summed E-state index contributed by atoms with van der Waals surface area (Å²) in [4.78, 5) is 36.5. The van der Waals surface area contributed by atoms with Gasteiger partial charge in [0.1, 0.15) is 0 Å².